The maximum atomic E-state index is 13.3. The Morgan fingerprint density at radius 1 is 1.03 bits per heavy atom. The standard InChI is InChI=1S/C23H27NO5/c1-24(20(21(26)27)16-17-10-12-19(25)13-11-17)29-22(28)23(14-6-3-7-15-23)18-8-4-2-5-9-18/h2,4-5,8-13,20,25H,3,6-7,14-16H2,1H3,(H,26,27)/t20-/m0/s1. The predicted octanol–water partition coefficient (Wildman–Crippen LogP) is 3.68. The third kappa shape index (κ3) is 4.77. The van der Waals surface area contributed by atoms with Crippen molar-refractivity contribution in [3.63, 3.8) is 0 Å². The zero-order valence-electron chi connectivity index (χ0n) is 16.6. The second-order valence-corrected chi connectivity index (χ2v) is 7.66. The van der Waals surface area contributed by atoms with Crippen molar-refractivity contribution in [3.8, 4) is 5.75 Å². The first kappa shape index (κ1) is 20.9. The van der Waals surface area contributed by atoms with E-state index >= 15 is 0 Å². The maximum absolute atomic E-state index is 13.3. The Balaban J connectivity index is 1.78. The Morgan fingerprint density at radius 2 is 1.66 bits per heavy atom. The number of aromatic hydroxyl groups is 1. The van der Waals surface area contributed by atoms with E-state index in [9.17, 15) is 19.8 Å². The summed E-state index contributed by atoms with van der Waals surface area (Å²) in [5.41, 5.74) is 0.909. The van der Waals surface area contributed by atoms with E-state index < -0.39 is 23.4 Å². The SMILES string of the molecule is CN(OC(=O)C1(c2ccccc2)CCCCC1)[C@@H](Cc1ccc(O)cc1)C(=O)O. The molecule has 6 heteroatoms. The number of benzene rings is 2. The molecule has 0 saturated heterocycles. The van der Waals surface area contributed by atoms with Crippen molar-refractivity contribution in [2.75, 3.05) is 7.05 Å². The molecular weight excluding hydrogens is 370 g/mol. The second-order valence-electron chi connectivity index (χ2n) is 7.66. The van der Waals surface area contributed by atoms with Gasteiger partial charge in [0.2, 0.25) is 0 Å². The Bertz CT molecular complexity index is 828. The molecule has 29 heavy (non-hydrogen) atoms. The number of carbonyl (C=O) groups excluding carboxylic acids is 1. The largest absolute Gasteiger partial charge is 0.508 e. The summed E-state index contributed by atoms with van der Waals surface area (Å²) in [6.07, 6.45) is 4.49. The van der Waals surface area contributed by atoms with Gasteiger partial charge in [-0.3, -0.25) is 4.79 Å². The van der Waals surface area contributed by atoms with E-state index in [1.807, 2.05) is 30.3 Å². The summed E-state index contributed by atoms with van der Waals surface area (Å²) in [7, 11) is 1.48. The van der Waals surface area contributed by atoms with Gasteiger partial charge in [-0.15, -0.1) is 5.06 Å². The minimum atomic E-state index is -1.08. The average molecular weight is 397 g/mol. The Morgan fingerprint density at radius 3 is 2.24 bits per heavy atom. The molecule has 0 aliphatic heterocycles. The summed E-state index contributed by atoms with van der Waals surface area (Å²) in [6.45, 7) is 0. The highest BCUT2D eigenvalue weighted by Crippen LogP contribution is 2.40. The van der Waals surface area contributed by atoms with Crippen molar-refractivity contribution >= 4 is 11.9 Å². The average Bonchev–Trinajstić information content (AvgIpc) is 2.74. The minimum absolute atomic E-state index is 0.113. The van der Waals surface area contributed by atoms with Gasteiger partial charge >= 0.3 is 11.9 Å². The van der Waals surface area contributed by atoms with Gasteiger partial charge in [0, 0.05) is 13.5 Å². The number of phenols is 1. The molecule has 2 aromatic carbocycles. The number of nitrogens with zero attached hydrogens (tertiary/aromatic N) is 1. The van der Waals surface area contributed by atoms with Crippen LogP contribution in [-0.2, 0) is 26.3 Å². The minimum Gasteiger partial charge on any atom is -0.508 e. The summed E-state index contributed by atoms with van der Waals surface area (Å²) in [5.74, 6) is -1.36. The first-order valence-corrected chi connectivity index (χ1v) is 9.94. The van der Waals surface area contributed by atoms with Crippen molar-refractivity contribution < 1.29 is 24.6 Å². The van der Waals surface area contributed by atoms with Gasteiger partial charge < -0.3 is 15.1 Å². The number of carboxylic acids is 1. The van der Waals surface area contributed by atoms with E-state index in [2.05, 4.69) is 0 Å². The van der Waals surface area contributed by atoms with E-state index in [1.165, 1.54) is 19.2 Å². The number of hydroxylamine groups is 2. The number of aliphatic carboxylic acids is 1. The lowest BCUT2D eigenvalue weighted by molar-refractivity contribution is -0.206. The van der Waals surface area contributed by atoms with Crippen LogP contribution in [0.15, 0.2) is 54.6 Å². The molecule has 0 spiro atoms. The van der Waals surface area contributed by atoms with Crippen molar-refractivity contribution in [2.45, 2.75) is 50.0 Å². The fourth-order valence-electron chi connectivity index (χ4n) is 4.03. The topological polar surface area (TPSA) is 87.1 Å². The Kier molecular flexibility index (Phi) is 6.54. The van der Waals surface area contributed by atoms with E-state index in [0.717, 1.165) is 35.5 Å². The number of likely N-dealkylation sites (N-methyl/N-ethyl adjacent to an activating group) is 1. The number of hydrogen-bond donors (Lipinski definition) is 2. The Labute approximate surface area is 170 Å². The van der Waals surface area contributed by atoms with Crippen LogP contribution in [0, 0.1) is 0 Å². The van der Waals surface area contributed by atoms with E-state index in [4.69, 9.17) is 4.84 Å². The number of carbonyl (C=O) groups is 2. The highest BCUT2D eigenvalue weighted by molar-refractivity contribution is 5.83. The monoisotopic (exact) mass is 397 g/mol. The lowest BCUT2D eigenvalue weighted by Crippen LogP contribution is -2.47. The molecule has 1 atom stereocenters. The van der Waals surface area contributed by atoms with Crippen molar-refractivity contribution in [1.29, 1.82) is 0 Å². The van der Waals surface area contributed by atoms with Crippen LogP contribution in [0.1, 0.15) is 43.2 Å². The number of phenolic OH excluding ortho intramolecular Hbond substituents is 1. The van der Waals surface area contributed by atoms with E-state index in [-0.39, 0.29) is 12.2 Å². The molecule has 1 aliphatic rings. The van der Waals surface area contributed by atoms with Crippen LogP contribution in [0.3, 0.4) is 0 Å². The molecule has 2 aromatic rings. The van der Waals surface area contributed by atoms with Crippen LogP contribution in [0.2, 0.25) is 0 Å². The van der Waals surface area contributed by atoms with Crippen LogP contribution < -0.4 is 0 Å². The van der Waals surface area contributed by atoms with Crippen molar-refractivity contribution in [1.82, 2.24) is 5.06 Å². The summed E-state index contributed by atoms with van der Waals surface area (Å²) in [4.78, 5) is 30.7. The molecule has 2 N–H and O–H groups in total. The van der Waals surface area contributed by atoms with Gasteiger partial charge in [-0.05, 0) is 36.1 Å². The number of carboxylic acid groups (broad SMARTS) is 1. The molecular formula is C23H27NO5. The van der Waals surface area contributed by atoms with Gasteiger partial charge in [-0.25, -0.2) is 4.79 Å². The molecule has 0 aromatic heterocycles. The van der Waals surface area contributed by atoms with Gasteiger partial charge in [0.25, 0.3) is 0 Å². The molecule has 1 fully saturated rings. The molecule has 0 heterocycles. The lowest BCUT2D eigenvalue weighted by atomic mass is 9.69. The second kappa shape index (κ2) is 9.09. The zero-order chi connectivity index (χ0) is 20.9. The van der Waals surface area contributed by atoms with E-state index in [1.54, 1.807) is 12.1 Å². The molecule has 0 amide bonds. The third-order valence-corrected chi connectivity index (χ3v) is 5.74. The molecule has 154 valence electrons. The number of hydrogen-bond acceptors (Lipinski definition) is 5. The predicted molar refractivity (Wildman–Crippen MR) is 108 cm³/mol. The quantitative estimate of drug-likeness (QED) is 0.693. The van der Waals surface area contributed by atoms with Gasteiger partial charge in [-0.1, -0.05) is 61.7 Å². The Hall–Kier alpha value is -2.86. The van der Waals surface area contributed by atoms with Gasteiger partial charge in [0.1, 0.15) is 11.8 Å². The van der Waals surface area contributed by atoms with Crippen LogP contribution in [-0.4, -0.2) is 40.3 Å². The normalized spacial score (nSPS) is 16.9. The molecule has 0 bridgehead atoms. The molecule has 6 nitrogen and oxygen atoms in total. The zero-order valence-corrected chi connectivity index (χ0v) is 16.6. The van der Waals surface area contributed by atoms with Gasteiger partial charge in [0.05, 0.1) is 5.41 Å². The van der Waals surface area contributed by atoms with Crippen molar-refractivity contribution in [2.24, 2.45) is 0 Å². The molecule has 3 rings (SSSR count). The smallest absolute Gasteiger partial charge is 0.335 e. The van der Waals surface area contributed by atoms with Crippen molar-refractivity contribution in [3.05, 3.63) is 65.7 Å². The first-order chi connectivity index (χ1) is 13.9. The lowest BCUT2D eigenvalue weighted by Gasteiger charge is -2.37. The molecule has 1 aliphatic carbocycles. The summed E-state index contributed by atoms with van der Waals surface area (Å²) >= 11 is 0. The van der Waals surface area contributed by atoms with E-state index in [0.29, 0.717) is 12.8 Å². The van der Waals surface area contributed by atoms with Gasteiger partial charge in [-0.2, -0.15) is 0 Å². The van der Waals surface area contributed by atoms with Crippen LogP contribution >= 0.6 is 0 Å². The van der Waals surface area contributed by atoms with Crippen LogP contribution in [0.25, 0.3) is 0 Å². The maximum Gasteiger partial charge on any atom is 0.335 e. The molecule has 1 saturated carbocycles. The summed E-state index contributed by atoms with van der Waals surface area (Å²) in [5, 5.41) is 20.2. The molecule has 0 unspecified atom stereocenters. The highest BCUT2D eigenvalue weighted by Gasteiger charge is 2.44. The number of rotatable bonds is 7. The van der Waals surface area contributed by atoms with Crippen LogP contribution in [0.4, 0.5) is 0 Å². The molecule has 0 radical (unpaired) electrons. The summed E-state index contributed by atoms with van der Waals surface area (Å²) in [6, 6.07) is 14.9. The third-order valence-electron chi connectivity index (χ3n) is 5.74. The highest BCUT2D eigenvalue weighted by atomic mass is 16.7. The fraction of sp³-hybridized carbons (Fsp3) is 0.391. The van der Waals surface area contributed by atoms with Crippen LogP contribution in [0.5, 0.6) is 5.75 Å². The first-order valence-electron chi connectivity index (χ1n) is 9.94. The van der Waals surface area contributed by atoms with Gasteiger partial charge in [0.15, 0.2) is 0 Å². The summed E-state index contributed by atoms with van der Waals surface area (Å²) < 4.78 is 0. The fourth-order valence-corrected chi connectivity index (χ4v) is 4.03.